The van der Waals surface area contributed by atoms with Crippen molar-refractivity contribution in [2.45, 2.75) is 50.9 Å². The topological polar surface area (TPSA) is 75.8 Å². The van der Waals surface area contributed by atoms with E-state index in [9.17, 15) is 14.7 Å². The van der Waals surface area contributed by atoms with Crippen LogP contribution in [0.3, 0.4) is 0 Å². The lowest BCUT2D eigenvalue weighted by atomic mass is 9.64. The molecule has 0 radical (unpaired) electrons. The van der Waals surface area contributed by atoms with E-state index >= 15 is 0 Å². The summed E-state index contributed by atoms with van der Waals surface area (Å²) in [5.41, 5.74) is -2.27. The highest BCUT2D eigenvalue weighted by Crippen LogP contribution is 2.62. The van der Waals surface area contributed by atoms with Crippen LogP contribution in [0, 0.1) is 17.3 Å². The molecular weight excluding hydrogens is 370 g/mol. The second-order valence-corrected chi connectivity index (χ2v) is 9.08. The average Bonchev–Trinajstić information content (AvgIpc) is 3.34. The highest BCUT2D eigenvalue weighted by molar-refractivity contribution is 6.02. The SMILES string of the molecule is CCOc1cccc(N2CC23C(=O)OC2C3CC[C@H](C)[C@]3(O)C=CC(=O)[C@@]23C)c1. The van der Waals surface area contributed by atoms with Crippen molar-refractivity contribution in [3.63, 3.8) is 0 Å². The largest absolute Gasteiger partial charge is 0.494 e. The highest BCUT2D eigenvalue weighted by atomic mass is 16.6. The first kappa shape index (κ1) is 18.7. The zero-order valence-electron chi connectivity index (χ0n) is 17.1. The fourth-order valence-corrected chi connectivity index (χ4v) is 5.98. The molecule has 154 valence electrons. The van der Waals surface area contributed by atoms with Gasteiger partial charge in [-0.05, 0) is 56.9 Å². The molecule has 0 amide bonds. The van der Waals surface area contributed by atoms with Crippen molar-refractivity contribution in [3.05, 3.63) is 36.4 Å². The van der Waals surface area contributed by atoms with Crippen molar-refractivity contribution >= 4 is 17.4 Å². The molecule has 6 heteroatoms. The molecule has 2 aliphatic heterocycles. The van der Waals surface area contributed by atoms with E-state index < -0.39 is 22.7 Å². The van der Waals surface area contributed by atoms with Gasteiger partial charge < -0.3 is 19.5 Å². The maximum absolute atomic E-state index is 13.1. The standard InChI is InChI=1S/C23H27NO5/c1-4-28-16-7-5-6-15(12-16)24-13-22(24)17-9-8-14(2)23(27)11-10-18(25)21(23,3)19(17)29-20(22)26/h5-7,10-12,14,17,19,27H,4,8-9,13H2,1-3H3/t14-,17?,19?,21-,22?,23+,24?/m0/s1. The summed E-state index contributed by atoms with van der Waals surface area (Å²) in [5, 5.41) is 11.5. The Morgan fingerprint density at radius 2 is 2.10 bits per heavy atom. The van der Waals surface area contributed by atoms with Gasteiger partial charge in [0.15, 0.2) is 11.3 Å². The fourth-order valence-electron chi connectivity index (χ4n) is 5.98. The summed E-state index contributed by atoms with van der Waals surface area (Å²) in [6, 6.07) is 7.73. The summed E-state index contributed by atoms with van der Waals surface area (Å²) < 4.78 is 11.5. The molecule has 1 N–H and O–H groups in total. The van der Waals surface area contributed by atoms with Gasteiger partial charge in [-0.3, -0.25) is 4.79 Å². The van der Waals surface area contributed by atoms with Crippen LogP contribution >= 0.6 is 0 Å². The van der Waals surface area contributed by atoms with Gasteiger partial charge in [-0.1, -0.05) is 13.0 Å². The molecule has 5 rings (SSSR count). The number of benzene rings is 1. The molecule has 1 spiro atoms. The number of hydrogen-bond acceptors (Lipinski definition) is 6. The molecule has 3 unspecified atom stereocenters. The van der Waals surface area contributed by atoms with Crippen molar-refractivity contribution in [1.82, 2.24) is 0 Å². The number of fused-ring (bicyclic) bond motifs is 4. The number of ketones is 1. The zero-order valence-corrected chi connectivity index (χ0v) is 17.1. The van der Waals surface area contributed by atoms with Crippen LogP contribution < -0.4 is 9.64 Å². The van der Waals surface area contributed by atoms with Crippen molar-refractivity contribution in [1.29, 1.82) is 0 Å². The van der Waals surface area contributed by atoms with E-state index in [1.807, 2.05) is 38.1 Å². The second kappa shape index (κ2) is 5.85. The molecule has 1 aromatic carbocycles. The van der Waals surface area contributed by atoms with Gasteiger partial charge >= 0.3 is 5.97 Å². The smallest absolute Gasteiger partial charge is 0.334 e. The predicted molar refractivity (Wildman–Crippen MR) is 107 cm³/mol. The minimum atomic E-state index is -1.29. The third kappa shape index (κ3) is 2.15. The van der Waals surface area contributed by atoms with Crippen LogP contribution in [0.25, 0.3) is 0 Å². The number of carbonyl (C=O) groups is 2. The molecule has 29 heavy (non-hydrogen) atoms. The van der Waals surface area contributed by atoms with E-state index in [0.29, 0.717) is 13.2 Å². The van der Waals surface area contributed by atoms with Gasteiger partial charge in [0.2, 0.25) is 0 Å². The molecule has 4 aliphatic rings. The van der Waals surface area contributed by atoms with Gasteiger partial charge in [0.1, 0.15) is 17.5 Å². The lowest BCUT2D eigenvalue weighted by Crippen LogP contribution is -2.57. The van der Waals surface area contributed by atoms with Crippen LogP contribution in [0.15, 0.2) is 36.4 Å². The van der Waals surface area contributed by atoms with Crippen molar-refractivity contribution in [3.8, 4) is 5.75 Å². The number of allylic oxidation sites excluding steroid dienone is 1. The fraction of sp³-hybridized carbons (Fsp3) is 0.565. The average molecular weight is 397 g/mol. The number of carbonyl (C=O) groups excluding carboxylic acids is 2. The minimum absolute atomic E-state index is 0.0926. The predicted octanol–water partition coefficient (Wildman–Crippen LogP) is 2.49. The second-order valence-electron chi connectivity index (χ2n) is 9.08. The zero-order chi connectivity index (χ0) is 20.6. The van der Waals surface area contributed by atoms with Crippen molar-refractivity contribution in [2.24, 2.45) is 17.3 Å². The van der Waals surface area contributed by atoms with Gasteiger partial charge in [0.25, 0.3) is 0 Å². The number of anilines is 1. The Morgan fingerprint density at radius 1 is 1.31 bits per heavy atom. The molecule has 3 fully saturated rings. The van der Waals surface area contributed by atoms with Crippen LogP contribution in [-0.2, 0) is 14.3 Å². The number of rotatable bonds is 3. The summed E-state index contributed by atoms with van der Waals surface area (Å²) in [5.74, 6) is 0.0911. The highest BCUT2D eigenvalue weighted by Gasteiger charge is 2.77. The van der Waals surface area contributed by atoms with E-state index in [4.69, 9.17) is 9.47 Å². The molecule has 1 aromatic rings. The summed E-state index contributed by atoms with van der Waals surface area (Å²) in [4.78, 5) is 28.1. The lowest BCUT2D eigenvalue weighted by molar-refractivity contribution is -0.166. The van der Waals surface area contributed by atoms with E-state index in [-0.39, 0.29) is 23.6 Å². The van der Waals surface area contributed by atoms with Gasteiger partial charge in [-0.2, -0.15) is 0 Å². The number of nitrogens with zero attached hydrogens (tertiary/aromatic N) is 1. The number of esters is 1. The molecule has 2 saturated heterocycles. The third-order valence-corrected chi connectivity index (χ3v) is 7.85. The third-order valence-electron chi connectivity index (χ3n) is 7.85. The molecule has 0 bridgehead atoms. The Morgan fingerprint density at radius 3 is 2.86 bits per heavy atom. The lowest BCUT2D eigenvalue weighted by Gasteiger charge is -2.43. The van der Waals surface area contributed by atoms with Crippen molar-refractivity contribution < 1.29 is 24.2 Å². The Balaban J connectivity index is 1.53. The van der Waals surface area contributed by atoms with E-state index in [1.54, 1.807) is 13.0 Å². The Labute approximate surface area is 170 Å². The van der Waals surface area contributed by atoms with Crippen LogP contribution in [0.4, 0.5) is 5.69 Å². The van der Waals surface area contributed by atoms with E-state index in [0.717, 1.165) is 24.3 Å². The monoisotopic (exact) mass is 397 g/mol. The molecule has 2 heterocycles. The quantitative estimate of drug-likeness (QED) is 0.624. The first-order valence-electron chi connectivity index (χ1n) is 10.5. The van der Waals surface area contributed by atoms with Crippen molar-refractivity contribution in [2.75, 3.05) is 18.1 Å². The summed E-state index contributed by atoms with van der Waals surface area (Å²) in [6.45, 7) is 6.82. The van der Waals surface area contributed by atoms with E-state index in [1.165, 1.54) is 6.08 Å². The van der Waals surface area contributed by atoms with Crippen LogP contribution in [0.2, 0.25) is 0 Å². The van der Waals surface area contributed by atoms with Crippen LogP contribution in [-0.4, -0.2) is 47.3 Å². The van der Waals surface area contributed by atoms with Crippen LogP contribution in [0.5, 0.6) is 5.75 Å². The molecular formula is C23H27NO5. The summed E-state index contributed by atoms with van der Waals surface area (Å²) >= 11 is 0. The first-order chi connectivity index (χ1) is 13.8. The van der Waals surface area contributed by atoms with Gasteiger partial charge in [0.05, 0.1) is 18.6 Å². The maximum Gasteiger partial charge on any atom is 0.334 e. The Bertz CT molecular complexity index is 928. The molecule has 1 saturated carbocycles. The Hall–Kier alpha value is -2.34. The van der Waals surface area contributed by atoms with Crippen LogP contribution in [0.1, 0.15) is 33.6 Å². The molecule has 6 atom stereocenters. The number of ether oxygens (including phenoxy) is 2. The molecule has 2 aliphatic carbocycles. The molecule has 6 nitrogen and oxygen atoms in total. The molecule has 0 aromatic heterocycles. The van der Waals surface area contributed by atoms with Gasteiger partial charge in [-0.15, -0.1) is 0 Å². The minimum Gasteiger partial charge on any atom is -0.494 e. The maximum atomic E-state index is 13.1. The normalized spacial score (nSPS) is 42.5. The van der Waals surface area contributed by atoms with Gasteiger partial charge in [0, 0.05) is 17.7 Å². The van der Waals surface area contributed by atoms with Gasteiger partial charge in [-0.25, -0.2) is 4.79 Å². The Kier molecular flexibility index (Phi) is 3.77. The summed E-state index contributed by atoms with van der Waals surface area (Å²) in [7, 11) is 0. The number of aliphatic hydroxyl groups is 1. The first-order valence-corrected chi connectivity index (χ1v) is 10.5. The van der Waals surface area contributed by atoms with E-state index in [2.05, 4.69) is 4.90 Å². The number of hydrogen-bond donors (Lipinski definition) is 1. The summed E-state index contributed by atoms with van der Waals surface area (Å²) in [6.07, 6.45) is 3.92.